The summed E-state index contributed by atoms with van der Waals surface area (Å²) >= 11 is 1.68. The van der Waals surface area contributed by atoms with Gasteiger partial charge in [0.1, 0.15) is 5.75 Å². The Hall–Kier alpha value is -1.88. The second-order valence-electron chi connectivity index (χ2n) is 6.86. The molecule has 0 saturated carbocycles. The van der Waals surface area contributed by atoms with Crippen molar-refractivity contribution in [1.29, 1.82) is 0 Å². The van der Waals surface area contributed by atoms with Crippen molar-refractivity contribution in [3.8, 4) is 5.75 Å². The predicted octanol–water partition coefficient (Wildman–Crippen LogP) is 3.09. The summed E-state index contributed by atoms with van der Waals surface area (Å²) in [4.78, 5) is 18.4. The van der Waals surface area contributed by atoms with Crippen LogP contribution in [-0.2, 0) is 24.1 Å². The zero-order valence-corrected chi connectivity index (χ0v) is 14.3. The maximum Gasteiger partial charge on any atom is 0.226 e. The van der Waals surface area contributed by atoms with E-state index in [4.69, 9.17) is 0 Å². The molecule has 0 unspecified atom stereocenters. The minimum Gasteiger partial charge on any atom is -0.508 e. The van der Waals surface area contributed by atoms with Crippen LogP contribution in [0.3, 0.4) is 0 Å². The quantitative estimate of drug-likeness (QED) is 0.905. The Morgan fingerprint density at radius 3 is 2.87 bits per heavy atom. The molecule has 2 aromatic rings. The molecule has 0 saturated heterocycles. The lowest BCUT2D eigenvalue weighted by Gasteiger charge is -2.29. The summed E-state index contributed by atoms with van der Waals surface area (Å²) in [5, 5.41) is 12.6. The zero-order chi connectivity index (χ0) is 16.4. The standard InChI is InChI=1S/C18H22N2O2S/c1-18(2,10-12-3-6-14(21)7-4-12)17(22)20-13-5-8-15-16(9-13)23-11-19-15/h3-4,6-7,11,13,21H,5,8-10H2,1-2H3,(H,20,22)/t13-/m0/s1. The number of phenolic OH excluding ortho intramolecular Hbond substituents is 1. The number of fused-ring (bicyclic) bond motifs is 1. The van der Waals surface area contributed by atoms with Gasteiger partial charge in [0.25, 0.3) is 0 Å². The van der Waals surface area contributed by atoms with E-state index in [9.17, 15) is 9.90 Å². The lowest BCUT2D eigenvalue weighted by atomic mass is 9.84. The van der Waals surface area contributed by atoms with Gasteiger partial charge in [-0.2, -0.15) is 0 Å². The number of carbonyl (C=O) groups is 1. The van der Waals surface area contributed by atoms with Crippen LogP contribution in [0.15, 0.2) is 29.8 Å². The highest BCUT2D eigenvalue weighted by Crippen LogP contribution is 2.27. The van der Waals surface area contributed by atoms with Crippen LogP contribution in [0.5, 0.6) is 5.75 Å². The monoisotopic (exact) mass is 330 g/mol. The van der Waals surface area contributed by atoms with Crippen LogP contribution < -0.4 is 5.32 Å². The Labute approximate surface area is 140 Å². The first-order valence-corrected chi connectivity index (χ1v) is 8.82. The normalized spacial score (nSPS) is 17.6. The molecule has 0 bridgehead atoms. The lowest BCUT2D eigenvalue weighted by Crippen LogP contribution is -2.45. The maximum atomic E-state index is 12.7. The van der Waals surface area contributed by atoms with Crippen LogP contribution in [0.25, 0.3) is 0 Å². The van der Waals surface area contributed by atoms with Crippen LogP contribution in [0, 0.1) is 5.41 Å². The Morgan fingerprint density at radius 1 is 1.39 bits per heavy atom. The molecular weight excluding hydrogens is 308 g/mol. The number of aromatic hydroxyl groups is 1. The zero-order valence-electron chi connectivity index (χ0n) is 13.5. The average Bonchev–Trinajstić information content (AvgIpc) is 2.97. The van der Waals surface area contributed by atoms with Crippen molar-refractivity contribution < 1.29 is 9.90 Å². The first-order chi connectivity index (χ1) is 10.9. The number of amides is 1. The van der Waals surface area contributed by atoms with E-state index in [2.05, 4.69) is 10.3 Å². The van der Waals surface area contributed by atoms with Gasteiger partial charge in [0.05, 0.1) is 11.2 Å². The lowest BCUT2D eigenvalue weighted by molar-refractivity contribution is -0.130. The molecule has 1 aliphatic rings. The van der Waals surface area contributed by atoms with E-state index in [0.717, 1.165) is 24.8 Å². The van der Waals surface area contributed by atoms with Gasteiger partial charge in [0.2, 0.25) is 5.91 Å². The molecule has 0 fully saturated rings. The molecule has 2 N–H and O–H groups in total. The van der Waals surface area contributed by atoms with Gasteiger partial charge in [-0.25, -0.2) is 4.98 Å². The van der Waals surface area contributed by atoms with Gasteiger partial charge in [0.15, 0.2) is 0 Å². The molecule has 23 heavy (non-hydrogen) atoms. The van der Waals surface area contributed by atoms with E-state index >= 15 is 0 Å². The van der Waals surface area contributed by atoms with E-state index in [1.807, 2.05) is 31.5 Å². The number of rotatable bonds is 4. The molecule has 0 aliphatic heterocycles. The highest BCUT2D eigenvalue weighted by Gasteiger charge is 2.31. The number of aryl methyl sites for hydroxylation is 1. The highest BCUT2D eigenvalue weighted by atomic mass is 32.1. The molecule has 1 atom stereocenters. The Bertz CT molecular complexity index is 691. The SMILES string of the molecule is CC(C)(Cc1ccc(O)cc1)C(=O)N[C@H]1CCc2ncsc2C1. The molecule has 1 aliphatic carbocycles. The third-order valence-corrected chi connectivity index (χ3v) is 5.32. The third kappa shape index (κ3) is 3.72. The van der Waals surface area contributed by atoms with Crippen LogP contribution in [-0.4, -0.2) is 22.0 Å². The van der Waals surface area contributed by atoms with E-state index in [1.165, 1.54) is 10.6 Å². The van der Waals surface area contributed by atoms with E-state index in [0.29, 0.717) is 6.42 Å². The molecule has 1 aromatic heterocycles. The molecule has 1 heterocycles. The van der Waals surface area contributed by atoms with Gasteiger partial charge >= 0.3 is 0 Å². The summed E-state index contributed by atoms with van der Waals surface area (Å²) < 4.78 is 0. The summed E-state index contributed by atoms with van der Waals surface area (Å²) in [5.41, 5.74) is 3.66. The maximum absolute atomic E-state index is 12.7. The molecule has 1 amide bonds. The fourth-order valence-electron chi connectivity index (χ4n) is 3.01. The first kappa shape index (κ1) is 16.0. The van der Waals surface area contributed by atoms with E-state index < -0.39 is 5.41 Å². The number of nitrogens with zero attached hydrogens (tertiary/aromatic N) is 1. The van der Waals surface area contributed by atoms with Crippen molar-refractivity contribution in [2.24, 2.45) is 5.41 Å². The van der Waals surface area contributed by atoms with Crippen molar-refractivity contribution in [3.05, 3.63) is 45.9 Å². The number of hydrogen-bond donors (Lipinski definition) is 2. The number of carbonyl (C=O) groups excluding carboxylic acids is 1. The summed E-state index contributed by atoms with van der Waals surface area (Å²) in [5.74, 6) is 0.335. The number of aromatic nitrogens is 1. The van der Waals surface area contributed by atoms with Crippen LogP contribution in [0.2, 0.25) is 0 Å². The molecular formula is C18H22N2O2S. The van der Waals surface area contributed by atoms with Gasteiger partial charge in [-0.15, -0.1) is 11.3 Å². The first-order valence-electron chi connectivity index (χ1n) is 7.94. The second kappa shape index (κ2) is 6.32. The molecule has 4 nitrogen and oxygen atoms in total. The summed E-state index contributed by atoms with van der Waals surface area (Å²) in [7, 11) is 0. The van der Waals surface area contributed by atoms with Crippen LogP contribution >= 0.6 is 11.3 Å². The number of nitrogens with one attached hydrogen (secondary N) is 1. The summed E-state index contributed by atoms with van der Waals surface area (Å²) in [6.07, 6.45) is 3.44. The third-order valence-electron chi connectivity index (χ3n) is 4.42. The largest absolute Gasteiger partial charge is 0.508 e. The molecule has 122 valence electrons. The summed E-state index contributed by atoms with van der Waals surface area (Å²) in [6.45, 7) is 3.94. The summed E-state index contributed by atoms with van der Waals surface area (Å²) in [6, 6.07) is 7.27. The number of phenols is 1. The fourth-order valence-corrected chi connectivity index (χ4v) is 3.90. The van der Waals surface area contributed by atoms with Crippen molar-refractivity contribution >= 4 is 17.2 Å². The van der Waals surface area contributed by atoms with Crippen molar-refractivity contribution in [2.45, 2.75) is 45.6 Å². The molecule has 0 spiro atoms. The van der Waals surface area contributed by atoms with Gasteiger partial charge in [0, 0.05) is 22.8 Å². The smallest absolute Gasteiger partial charge is 0.226 e. The van der Waals surface area contributed by atoms with E-state index in [1.54, 1.807) is 23.5 Å². The minimum atomic E-state index is -0.481. The Morgan fingerprint density at radius 2 is 2.13 bits per heavy atom. The van der Waals surface area contributed by atoms with Gasteiger partial charge < -0.3 is 10.4 Å². The van der Waals surface area contributed by atoms with Crippen LogP contribution in [0.4, 0.5) is 0 Å². The second-order valence-corrected chi connectivity index (χ2v) is 7.80. The Balaban J connectivity index is 1.61. The number of thiazole rings is 1. The molecule has 1 aromatic carbocycles. The minimum absolute atomic E-state index is 0.0866. The molecule has 3 rings (SSSR count). The van der Waals surface area contributed by atoms with Gasteiger partial charge in [-0.1, -0.05) is 26.0 Å². The number of hydrogen-bond acceptors (Lipinski definition) is 4. The average molecular weight is 330 g/mol. The Kier molecular flexibility index (Phi) is 4.39. The van der Waals surface area contributed by atoms with Gasteiger partial charge in [-0.05, 0) is 37.0 Å². The highest BCUT2D eigenvalue weighted by molar-refractivity contribution is 7.09. The van der Waals surface area contributed by atoms with E-state index in [-0.39, 0.29) is 17.7 Å². The van der Waals surface area contributed by atoms with Crippen molar-refractivity contribution in [2.75, 3.05) is 0 Å². The molecule has 5 heteroatoms. The number of benzene rings is 1. The topological polar surface area (TPSA) is 62.2 Å². The molecule has 0 radical (unpaired) electrons. The predicted molar refractivity (Wildman–Crippen MR) is 91.7 cm³/mol. The van der Waals surface area contributed by atoms with Crippen molar-refractivity contribution in [1.82, 2.24) is 10.3 Å². The fraction of sp³-hybridized carbons (Fsp3) is 0.444. The van der Waals surface area contributed by atoms with Gasteiger partial charge in [-0.3, -0.25) is 4.79 Å². The van der Waals surface area contributed by atoms with Crippen molar-refractivity contribution in [3.63, 3.8) is 0 Å². The van der Waals surface area contributed by atoms with Crippen LogP contribution in [0.1, 0.15) is 36.4 Å².